The molecule has 0 saturated carbocycles. The molecule has 4 nitrogen and oxygen atoms in total. The lowest BCUT2D eigenvalue weighted by molar-refractivity contribution is 0.465. The summed E-state index contributed by atoms with van der Waals surface area (Å²) in [5.74, 6) is 0.400. The van der Waals surface area contributed by atoms with E-state index in [9.17, 15) is 8.42 Å². The fraction of sp³-hybridized carbons (Fsp3) is 0.500. The van der Waals surface area contributed by atoms with Crippen LogP contribution in [0.5, 0.6) is 0 Å². The Morgan fingerprint density at radius 1 is 1.37 bits per heavy atom. The second-order valence-electron chi connectivity index (χ2n) is 4.64. The molecule has 0 heterocycles. The maximum atomic E-state index is 12.2. The van der Waals surface area contributed by atoms with Gasteiger partial charge in [0.25, 0.3) is 0 Å². The first-order valence-corrected chi connectivity index (χ1v) is 8.39. The lowest BCUT2D eigenvalue weighted by Gasteiger charge is -2.18. The predicted molar refractivity (Wildman–Crippen MR) is 89.0 cm³/mol. The van der Waals surface area contributed by atoms with Gasteiger partial charge in [0, 0.05) is 16.2 Å². The normalized spacial score (nSPS) is 13.1. The second kappa shape index (κ2) is 8.41. The lowest BCUT2D eigenvalue weighted by Crippen LogP contribution is -2.40. The zero-order valence-corrected chi connectivity index (χ0v) is 14.8. The standard InChI is InChI=1S/C12H19IN2O2S.ClH/c1-9(2)6-11(8-14)15-18(16,17)12-5-3-4-10(13)7-12;/h3-5,7,9,11,15H,6,8,14H2,1-2H3;1H. The smallest absolute Gasteiger partial charge is 0.240 e. The van der Waals surface area contributed by atoms with Gasteiger partial charge in [-0.25, -0.2) is 13.1 Å². The molecule has 1 unspecified atom stereocenters. The molecule has 7 heteroatoms. The highest BCUT2D eigenvalue weighted by Gasteiger charge is 2.19. The van der Waals surface area contributed by atoms with Gasteiger partial charge < -0.3 is 5.73 Å². The van der Waals surface area contributed by atoms with Gasteiger partial charge in [-0.15, -0.1) is 12.4 Å². The molecule has 3 N–H and O–H groups in total. The van der Waals surface area contributed by atoms with Crippen LogP contribution >= 0.6 is 35.0 Å². The minimum Gasteiger partial charge on any atom is -0.329 e. The van der Waals surface area contributed by atoms with E-state index in [-0.39, 0.29) is 23.3 Å². The van der Waals surface area contributed by atoms with Gasteiger partial charge in [0.05, 0.1) is 4.90 Å². The summed E-state index contributed by atoms with van der Waals surface area (Å²) < 4.78 is 27.9. The van der Waals surface area contributed by atoms with Crippen molar-refractivity contribution in [3.63, 3.8) is 0 Å². The molecule has 1 aromatic carbocycles. The van der Waals surface area contributed by atoms with Crippen LogP contribution in [0.3, 0.4) is 0 Å². The van der Waals surface area contributed by atoms with Crippen LogP contribution in [-0.4, -0.2) is 21.0 Å². The zero-order chi connectivity index (χ0) is 13.8. The first-order valence-electron chi connectivity index (χ1n) is 5.83. The molecule has 0 aliphatic heterocycles. The van der Waals surface area contributed by atoms with E-state index in [4.69, 9.17) is 5.73 Å². The minimum atomic E-state index is -3.47. The number of hydrogen-bond donors (Lipinski definition) is 2. The van der Waals surface area contributed by atoms with E-state index in [1.54, 1.807) is 18.2 Å². The van der Waals surface area contributed by atoms with Crippen LogP contribution in [0.25, 0.3) is 0 Å². The van der Waals surface area contributed by atoms with Crippen molar-refractivity contribution in [3.8, 4) is 0 Å². The van der Waals surface area contributed by atoms with Gasteiger partial charge in [-0.2, -0.15) is 0 Å². The fourth-order valence-electron chi connectivity index (χ4n) is 1.68. The lowest BCUT2D eigenvalue weighted by atomic mass is 10.1. The van der Waals surface area contributed by atoms with Gasteiger partial charge in [-0.05, 0) is 53.1 Å². The number of rotatable bonds is 6. The first kappa shape index (κ1) is 19.1. The number of halogens is 2. The highest BCUT2D eigenvalue weighted by Crippen LogP contribution is 2.14. The molecular weight excluding hydrogens is 399 g/mol. The Morgan fingerprint density at radius 2 is 2.00 bits per heavy atom. The Balaban J connectivity index is 0.00000324. The number of hydrogen-bond acceptors (Lipinski definition) is 3. The van der Waals surface area contributed by atoms with E-state index < -0.39 is 10.0 Å². The van der Waals surface area contributed by atoms with Crippen molar-refractivity contribution < 1.29 is 8.42 Å². The SMILES string of the molecule is CC(C)CC(CN)NS(=O)(=O)c1cccc(I)c1.Cl. The van der Waals surface area contributed by atoms with Gasteiger partial charge in [0.15, 0.2) is 0 Å². The van der Waals surface area contributed by atoms with Gasteiger partial charge in [0.2, 0.25) is 10.0 Å². The number of nitrogens with one attached hydrogen (secondary N) is 1. The molecule has 1 aromatic rings. The van der Waals surface area contributed by atoms with Crippen molar-refractivity contribution >= 4 is 45.0 Å². The van der Waals surface area contributed by atoms with Crippen molar-refractivity contribution in [2.45, 2.75) is 31.2 Å². The fourth-order valence-corrected chi connectivity index (χ4v) is 3.74. The number of nitrogens with two attached hydrogens (primary N) is 1. The molecule has 1 rings (SSSR count). The Hall–Kier alpha value is 0.110. The summed E-state index contributed by atoms with van der Waals surface area (Å²) in [5, 5.41) is 0. The molecule has 0 aliphatic carbocycles. The average molecular weight is 419 g/mol. The van der Waals surface area contributed by atoms with E-state index in [1.807, 2.05) is 19.9 Å². The zero-order valence-electron chi connectivity index (χ0n) is 11.0. The molecule has 0 radical (unpaired) electrons. The third-order valence-corrected chi connectivity index (χ3v) is 4.66. The van der Waals surface area contributed by atoms with Crippen molar-refractivity contribution in [1.82, 2.24) is 4.72 Å². The van der Waals surface area contributed by atoms with Crippen LogP contribution in [-0.2, 0) is 10.0 Å². The summed E-state index contributed by atoms with van der Waals surface area (Å²) in [6, 6.07) is 6.61. The van der Waals surface area contributed by atoms with E-state index in [1.165, 1.54) is 0 Å². The average Bonchev–Trinajstić information content (AvgIpc) is 2.27. The molecule has 1 atom stereocenters. The first-order chi connectivity index (χ1) is 8.35. The van der Waals surface area contributed by atoms with Crippen LogP contribution < -0.4 is 10.5 Å². The Labute approximate surface area is 135 Å². The maximum absolute atomic E-state index is 12.2. The highest BCUT2D eigenvalue weighted by molar-refractivity contribution is 14.1. The van der Waals surface area contributed by atoms with Crippen molar-refractivity contribution in [3.05, 3.63) is 27.8 Å². The summed E-state index contributed by atoms with van der Waals surface area (Å²) in [5.41, 5.74) is 5.61. The van der Waals surface area contributed by atoms with E-state index in [2.05, 4.69) is 27.3 Å². The Morgan fingerprint density at radius 3 is 2.47 bits per heavy atom. The number of sulfonamides is 1. The quantitative estimate of drug-likeness (QED) is 0.697. The summed E-state index contributed by atoms with van der Waals surface area (Å²) >= 11 is 2.09. The van der Waals surface area contributed by atoms with Crippen molar-refractivity contribution in [2.75, 3.05) is 6.54 Å². The summed E-state index contributed by atoms with van der Waals surface area (Å²) in [4.78, 5) is 0.289. The monoisotopic (exact) mass is 418 g/mol. The molecule has 0 spiro atoms. The van der Waals surface area contributed by atoms with Gasteiger partial charge in [-0.1, -0.05) is 19.9 Å². The highest BCUT2D eigenvalue weighted by atomic mass is 127. The molecular formula is C12H20ClIN2O2S. The second-order valence-corrected chi connectivity index (χ2v) is 7.60. The van der Waals surface area contributed by atoms with E-state index >= 15 is 0 Å². The Kier molecular flexibility index (Phi) is 8.46. The molecule has 0 saturated heterocycles. The van der Waals surface area contributed by atoms with Crippen molar-refractivity contribution in [2.24, 2.45) is 11.7 Å². The van der Waals surface area contributed by atoms with Gasteiger partial charge in [-0.3, -0.25) is 0 Å². The predicted octanol–water partition coefficient (Wildman–Crippen LogP) is 2.36. The summed E-state index contributed by atoms with van der Waals surface area (Å²) in [6.45, 7) is 4.40. The van der Waals surface area contributed by atoms with Gasteiger partial charge >= 0.3 is 0 Å². The molecule has 0 bridgehead atoms. The third kappa shape index (κ3) is 6.40. The van der Waals surface area contributed by atoms with E-state index in [0.717, 1.165) is 9.99 Å². The summed E-state index contributed by atoms with van der Waals surface area (Å²) in [6.07, 6.45) is 0.736. The molecule has 19 heavy (non-hydrogen) atoms. The van der Waals surface area contributed by atoms with Crippen LogP contribution in [0.15, 0.2) is 29.2 Å². The molecule has 0 fully saturated rings. The maximum Gasteiger partial charge on any atom is 0.240 e. The third-order valence-electron chi connectivity index (χ3n) is 2.47. The number of benzene rings is 1. The molecule has 0 aliphatic rings. The topological polar surface area (TPSA) is 72.2 Å². The Bertz CT molecular complexity index is 494. The summed E-state index contributed by atoms with van der Waals surface area (Å²) in [7, 11) is -3.47. The minimum absolute atomic E-state index is 0. The largest absolute Gasteiger partial charge is 0.329 e. The molecule has 0 amide bonds. The van der Waals surface area contributed by atoms with Crippen LogP contribution in [0, 0.1) is 9.49 Å². The van der Waals surface area contributed by atoms with Crippen LogP contribution in [0.1, 0.15) is 20.3 Å². The van der Waals surface area contributed by atoms with Crippen LogP contribution in [0.2, 0.25) is 0 Å². The molecule has 0 aromatic heterocycles. The molecule has 110 valence electrons. The van der Waals surface area contributed by atoms with Gasteiger partial charge in [0.1, 0.15) is 0 Å². The van der Waals surface area contributed by atoms with E-state index in [0.29, 0.717) is 12.5 Å². The van der Waals surface area contributed by atoms with Crippen LogP contribution in [0.4, 0.5) is 0 Å². The van der Waals surface area contributed by atoms with Crippen molar-refractivity contribution in [1.29, 1.82) is 0 Å².